The molecule has 6 heteroatoms. The highest BCUT2D eigenvalue weighted by Gasteiger charge is 2.04. The van der Waals surface area contributed by atoms with Crippen molar-refractivity contribution in [2.24, 2.45) is 0 Å². The molecule has 0 aliphatic carbocycles. The van der Waals surface area contributed by atoms with E-state index in [4.69, 9.17) is 5.73 Å². The van der Waals surface area contributed by atoms with Gasteiger partial charge in [-0.05, 0) is 24.1 Å². The fourth-order valence-electron chi connectivity index (χ4n) is 2.10. The predicted molar refractivity (Wildman–Crippen MR) is 94.4 cm³/mol. The van der Waals surface area contributed by atoms with Gasteiger partial charge in [-0.25, -0.2) is 9.97 Å². The van der Waals surface area contributed by atoms with E-state index in [0.717, 1.165) is 28.0 Å². The number of pyridine rings is 1. The third kappa shape index (κ3) is 3.69. The second-order valence-corrected chi connectivity index (χ2v) is 6.63. The summed E-state index contributed by atoms with van der Waals surface area (Å²) in [7, 11) is 0. The summed E-state index contributed by atoms with van der Waals surface area (Å²) >= 11 is 3.18. The number of hydrogen-bond acceptors (Lipinski definition) is 6. The van der Waals surface area contributed by atoms with E-state index < -0.39 is 0 Å². The fraction of sp³-hybridized carbons (Fsp3) is 0.188. The van der Waals surface area contributed by atoms with Gasteiger partial charge in [-0.1, -0.05) is 36.0 Å². The van der Waals surface area contributed by atoms with E-state index in [0.29, 0.717) is 5.82 Å². The molecule has 2 aromatic heterocycles. The smallest absolute Gasteiger partial charge is 0.190 e. The summed E-state index contributed by atoms with van der Waals surface area (Å²) in [6, 6.07) is 12.2. The van der Waals surface area contributed by atoms with Crippen molar-refractivity contribution >= 4 is 40.1 Å². The van der Waals surface area contributed by atoms with Crippen LogP contribution in [0.5, 0.6) is 0 Å². The van der Waals surface area contributed by atoms with Gasteiger partial charge in [0.1, 0.15) is 10.8 Å². The molecule has 0 aliphatic rings. The van der Waals surface area contributed by atoms with Gasteiger partial charge in [0.2, 0.25) is 0 Å². The number of rotatable bonds is 5. The lowest BCUT2D eigenvalue weighted by molar-refractivity contribution is 0.898. The SMILES string of the molecule is CSc1cc(N)nc(SCCc2cc3ccccc3cn2)n1. The number of aromatic nitrogens is 3. The van der Waals surface area contributed by atoms with Gasteiger partial charge in [0.25, 0.3) is 0 Å². The zero-order valence-electron chi connectivity index (χ0n) is 12.2. The molecule has 0 aliphatic heterocycles. The molecule has 2 N–H and O–H groups in total. The van der Waals surface area contributed by atoms with E-state index in [-0.39, 0.29) is 0 Å². The largest absolute Gasteiger partial charge is 0.384 e. The number of hydrogen-bond donors (Lipinski definition) is 1. The second kappa shape index (κ2) is 6.98. The molecule has 1 aromatic carbocycles. The van der Waals surface area contributed by atoms with E-state index in [1.807, 2.05) is 24.6 Å². The van der Waals surface area contributed by atoms with Crippen molar-refractivity contribution in [3.05, 3.63) is 48.3 Å². The number of thioether (sulfide) groups is 2. The number of anilines is 1. The molecule has 0 spiro atoms. The van der Waals surface area contributed by atoms with E-state index in [2.05, 4.69) is 33.2 Å². The van der Waals surface area contributed by atoms with Crippen molar-refractivity contribution in [1.82, 2.24) is 15.0 Å². The summed E-state index contributed by atoms with van der Waals surface area (Å²) in [6.45, 7) is 0. The monoisotopic (exact) mass is 328 g/mol. The Morgan fingerprint density at radius 3 is 2.73 bits per heavy atom. The van der Waals surface area contributed by atoms with Crippen LogP contribution < -0.4 is 5.73 Å². The highest BCUT2D eigenvalue weighted by atomic mass is 32.2. The second-order valence-electron chi connectivity index (χ2n) is 4.74. The lowest BCUT2D eigenvalue weighted by atomic mass is 10.1. The quantitative estimate of drug-likeness (QED) is 0.438. The highest BCUT2D eigenvalue weighted by molar-refractivity contribution is 7.99. The van der Waals surface area contributed by atoms with E-state index >= 15 is 0 Å². The van der Waals surface area contributed by atoms with Gasteiger partial charge in [0.05, 0.1) is 0 Å². The molecular formula is C16H16N4S2. The van der Waals surface area contributed by atoms with Crippen molar-refractivity contribution in [3.8, 4) is 0 Å². The van der Waals surface area contributed by atoms with Crippen LogP contribution in [0.3, 0.4) is 0 Å². The average Bonchev–Trinajstić information content (AvgIpc) is 2.54. The first-order chi connectivity index (χ1) is 10.7. The molecule has 0 saturated carbocycles. The number of fused-ring (bicyclic) bond motifs is 1. The van der Waals surface area contributed by atoms with Gasteiger partial charge >= 0.3 is 0 Å². The molecule has 0 atom stereocenters. The Labute approximate surface area is 138 Å². The predicted octanol–water partition coefficient (Wildman–Crippen LogP) is 3.66. The van der Waals surface area contributed by atoms with Crippen LogP contribution in [-0.4, -0.2) is 27.0 Å². The minimum atomic E-state index is 0.519. The van der Waals surface area contributed by atoms with Crippen LogP contribution in [0.4, 0.5) is 5.82 Å². The van der Waals surface area contributed by atoms with Crippen LogP contribution >= 0.6 is 23.5 Å². The number of aryl methyl sites for hydroxylation is 1. The van der Waals surface area contributed by atoms with E-state index in [9.17, 15) is 0 Å². The minimum Gasteiger partial charge on any atom is -0.384 e. The molecule has 3 rings (SSSR count). The van der Waals surface area contributed by atoms with Crippen molar-refractivity contribution in [1.29, 1.82) is 0 Å². The molecule has 0 saturated heterocycles. The molecule has 0 amide bonds. The van der Waals surface area contributed by atoms with Gasteiger partial charge in [0.15, 0.2) is 5.16 Å². The molecule has 22 heavy (non-hydrogen) atoms. The molecule has 0 radical (unpaired) electrons. The first-order valence-electron chi connectivity index (χ1n) is 6.89. The maximum Gasteiger partial charge on any atom is 0.190 e. The lowest BCUT2D eigenvalue weighted by Crippen LogP contribution is -1.98. The third-order valence-corrected chi connectivity index (χ3v) is 4.66. The van der Waals surface area contributed by atoms with Crippen molar-refractivity contribution in [2.45, 2.75) is 16.6 Å². The average molecular weight is 328 g/mol. The normalized spacial score (nSPS) is 11.0. The first kappa shape index (κ1) is 15.1. The Bertz CT molecular complexity index is 792. The minimum absolute atomic E-state index is 0.519. The number of benzene rings is 1. The van der Waals surface area contributed by atoms with Gasteiger partial charge in [0, 0.05) is 29.1 Å². The van der Waals surface area contributed by atoms with Crippen LogP contribution in [0.2, 0.25) is 0 Å². The van der Waals surface area contributed by atoms with Crippen LogP contribution in [0.15, 0.2) is 52.8 Å². The maximum atomic E-state index is 5.79. The zero-order valence-corrected chi connectivity index (χ0v) is 13.8. The number of nitrogens with zero attached hydrogens (tertiary/aromatic N) is 3. The summed E-state index contributed by atoms with van der Waals surface area (Å²) in [6.07, 6.45) is 4.79. The van der Waals surface area contributed by atoms with Crippen LogP contribution in [0.1, 0.15) is 5.69 Å². The molecule has 112 valence electrons. The standard InChI is InChI=1S/C16H16N4S2/c1-21-15-9-14(17)19-16(20-15)22-7-6-13-8-11-4-2-3-5-12(11)10-18-13/h2-5,8-10H,6-7H2,1H3,(H2,17,19,20). The summed E-state index contributed by atoms with van der Waals surface area (Å²) in [4.78, 5) is 13.2. The van der Waals surface area contributed by atoms with Gasteiger partial charge in [-0.2, -0.15) is 0 Å². The van der Waals surface area contributed by atoms with Crippen LogP contribution in [0.25, 0.3) is 10.8 Å². The Morgan fingerprint density at radius 1 is 1.09 bits per heavy atom. The Hall–Kier alpha value is -1.79. The summed E-state index contributed by atoms with van der Waals surface area (Å²) in [5, 5.41) is 4.02. The first-order valence-corrected chi connectivity index (χ1v) is 9.10. The summed E-state index contributed by atoms with van der Waals surface area (Å²) < 4.78 is 0. The number of nitrogen functional groups attached to an aromatic ring is 1. The zero-order chi connectivity index (χ0) is 15.4. The Balaban J connectivity index is 1.65. The Morgan fingerprint density at radius 2 is 1.91 bits per heavy atom. The lowest BCUT2D eigenvalue weighted by Gasteiger charge is -2.04. The van der Waals surface area contributed by atoms with Crippen LogP contribution in [0, 0.1) is 0 Å². The Kier molecular flexibility index (Phi) is 4.80. The fourth-order valence-corrected chi connectivity index (χ4v) is 3.40. The molecule has 3 aromatic rings. The maximum absolute atomic E-state index is 5.79. The van der Waals surface area contributed by atoms with Gasteiger partial charge < -0.3 is 5.73 Å². The van der Waals surface area contributed by atoms with Gasteiger partial charge in [-0.15, -0.1) is 11.8 Å². The summed E-state index contributed by atoms with van der Waals surface area (Å²) in [5.74, 6) is 1.40. The van der Waals surface area contributed by atoms with Crippen molar-refractivity contribution in [2.75, 3.05) is 17.7 Å². The van der Waals surface area contributed by atoms with E-state index in [1.54, 1.807) is 29.6 Å². The number of nitrogens with two attached hydrogens (primary N) is 1. The molecule has 4 nitrogen and oxygen atoms in total. The van der Waals surface area contributed by atoms with Gasteiger partial charge in [-0.3, -0.25) is 4.98 Å². The van der Waals surface area contributed by atoms with Crippen LogP contribution in [-0.2, 0) is 6.42 Å². The molecule has 0 unspecified atom stereocenters. The van der Waals surface area contributed by atoms with E-state index in [1.165, 1.54) is 10.8 Å². The highest BCUT2D eigenvalue weighted by Crippen LogP contribution is 2.21. The molecule has 0 fully saturated rings. The van der Waals surface area contributed by atoms with Crippen molar-refractivity contribution in [3.63, 3.8) is 0 Å². The molecular weight excluding hydrogens is 312 g/mol. The molecule has 2 heterocycles. The van der Waals surface area contributed by atoms with Crippen molar-refractivity contribution < 1.29 is 0 Å². The topological polar surface area (TPSA) is 64.7 Å². The third-order valence-electron chi connectivity index (χ3n) is 3.19. The molecule has 0 bridgehead atoms. The summed E-state index contributed by atoms with van der Waals surface area (Å²) in [5.41, 5.74) is 6.87.